The predicted octanol–water partition coefficient (Wildman–Crippen LogP) is 6.37. The highest BCUT2D eigenvalue weighted by Gasteiger charge is 2.20. The van der Waals surface area contributed by atoms with Crippen molar-refractivity contribution < 1.29 is 4.74 Å². The fourth-order valence-electron chi connectivity index (χ4n) is 4.90. The number of ether oxygens (including phenoxy) is 1. The Bertz CT molecular complexity index is 1250. The normalized spacial score (nSPS) is 17.0. The fraction of sp³-hybridized carbons (Fsp3) is 0.296. The van der Waals surface area contributed by atoms with Gasteiger partial charge in [0.05, 0.1) is 7.11 Å². The first-order valence-electron chi connectivity index (χ1n) is 11.2. The summed E-state index contributed by atoms with van der Waals surface area (Å²) in [5, 5.41) is 1.93. The number of likely N-dealkylation sites (tertiary alicyclic amines) is 1. The molecule has 0 spiro atoms. The van der Waals surface area contributed by atoms with Gasteiger partial charge in [0, 0.05) is 64.3 Å². The van der Waals surface area contributed by atoms with Crippen LogP contribution in [0.4, 0.5) is 0 Å². The van der Waals surface area contributed by atoms with Gasteiger partial charge in [0.2, 0.25) is 0 Å². The van der Waals surface area contributed by atoms with Gasteiger partial charge in [0.15, 0.2) is 0 Å². The molecule has 4 nitrogen and oxygen atoms in total. The molecular weight excluding hydrogens is 418 g/mol. The maximum absolute atomic E-state index is 6.41. The number of fused-ring (bicyclic) bond motifs is 1. The Morgan fingerprint density at radius 2 is 1.94 bits per heavy atom. The van der Waals surface area contributed by atoms with Crippen LogP contribution in [0.5, 0.6) is 5.75 Å². The minimum Gasteiger partial charge on any atom is -0.497 e. The molecule has 0 N–H and O–H groups in total. The summed E-state index contributed by atoms with van der Waals surface area (Å²) < 4.78 is 7.81. The highest BCUT2D eigenvalue weighted by Crippen LogP contribution is 2.35. The fourth-order valence-corrected chi connectivity index (χ4v) is 5.07. The number of hydrogen-bond donors (Lipinski definition) is 0. The zero-order chi connectivity index (χ0) is 22.1. The number of benzene rings is 2. The monoisotopic (exact) mass is 445 g/mol. The third kappa shape index (κ3) is 4.25. The van der Waals surface area contributed by atoms with Crippen molar-refractivity contribution in [1.82, 2.24) is 14.5 Å². The summed E-state index contributed by atoms with van der Waals surface area (Å²) in [6.07, 6.45) is 8.67. The molecule has 164 valence electrons. The lowest BCUT2D eigenvalue weighted by molar-refractivity contribution is 0.196. The van der Waals surface area contributed by atoms with Crippen LogP contribution in [0.3, 0.4) is 0 Å². The van der Waals surface area contributed by atoms with Gasteiger partial charge in [-0.25, -0.2) is 0 Å². The van der Waals surface area contributed by atoms with Crippen molar-refractivity contribution in [3.63, 3.8) is 0 Å². The average molecular weight is 446 g/mol. The van der Waals surface area contributed by atoms with Crippen LogP contribution in [0.15, 0.2) is 67.1 Å². The van der Waals surface area contributed by atoms with E-state index in [0.29, 0.717) is 5.92 Å². The van der Waals surface area contributed by atoms with Crippen molar-refractivity contribution in [3.05, 3.63) is 72.1 Å². The summed E-state index contributed by atoms with van der Waals surface area (Å²) >= 11 is 6.41. The zero-order valence-corrected chi connectivity index (χ0v) is 19.3. The minimum absolute atomic E-state index is 0.661. The first-order chi connectivity index (χ1) is 15.6. The van der Waals surface area contributed by atoms with Gasteiger partial charge in [-0.2, -0.15) is 0 Å². The van der Waals surface area contributed by atoms with Gasteiger partial charge in [0.1, 0.15) is 5.75 Å². The number of aromatic nitrogens is 2. The molecule has 5 rings (SSSR count). The van der Waals surface area contributed by atoms with E-state index in [1.165, 1.54) is 35.9 Å². The molecular formula is C27H28ClN3O. The second-order valence-corrected chi connectivity index (χ2v) is 9.26. The highest BCUT2D eigenvalue weighted by atomic mass is 35.5. The number of halogens is 1. The van der Waals surface area contributed by atoms with Crippen molar-refractivity contribution in [2.45, 2.75) is 19.4 Å². The maximum atomic E-state index is 6.41. The molecule has 3 heterocycles. The van der Waals surface area contributed by atoms with E-state index in [9.17, 15) is 0 Å². The van der Waals surface area contributed by atoms with Crippen molar-refractivity contribution in [1.29, 1.82) is 0 Å². The highest BCUT2D eigenvalue weighted by molar-refractivity contribution is 6.31. The first-order valence-corrected chi connectivity index (χ1v) is 11.6. The molecule has 1 atom stereocenters. The predicted molar refractivity (Wildman–Crippen MR) is 132 cm³/mol. The lowest BCUT2D eigenvalue weighted by Crippen LogP contribution is -2.33. The Balaban J connectivity index is 1.56. The summed E-state index contributed by atoms with van der Waals surface area (Å²) in [7, 11) is 3.91. The van der Waals surface area contributed by atoms with E-state index in [2.05, 4.69) is 52.0 Å². The van der Waals surface area contributed by atoms with Gasteiger partial charge in [-0.3, -0.25) is 4.98 Å². The molecule has 0 aliphatic carbocycles. The summed E-state index contributed by atoms with van der Waals surface area (Å²) in [5.74, 6) is 1.50. The Kier molecular flexibility index (Phi) is 5.90. The van der Waals surface area contributed by atoms with Crippen LogP contribution >= 0.6 is 11.6 Å². The van der Waals surface area contributed by atoms with Crippen molar-refractivity contribution in [3.8, 4) is 28.0 Å². The Labute approximate surface area is 194 Å². The topological polar surface area (TPSA) is 30.3 Å². The molecule has 1 fully saturated rings. The van der Waals surface area contributed by atoms with Gasteiger partial charge in [-0.1, -0.05) is 23.7 Å². The SMILES string of the molecule is COc1cccc(-c2cncc(-c3cn(CC4CCCN(C)C4)c4ccc(Cl)cc34)c2)c1. The van der Waals surface area contributed by atoms with Crippen LogP contribution < -0.4 is 4.74 Å². The summed E-state index contributed by atoms with van der Waals surface area (Å²) in [6.45, 7) is 3.37. The van der Waals surface area contributed by atoms with Gasteiger partial charge >= 0.3 is 0 Å². The third-order valence-corrected chi connectivity index (χ3v) is 6.71. The van der Waals surface area contributed by atoms with E-state index in [1.54, 1.807) is 7.11 Å². The second-order valence-electron chi connectivity index (χ2n) is 8.82. The number of pyridine rings is 1. The number of nitrogens with zero attached hydrogens (tertiary/aromatic N) is 3. The molecule has 4 aromatic rings. The van der Waals surface area contributed by atoms with Crippen LogP contribution in [0.1, 0.15) is 12.8 Å². The standard InChI is InChI=1S/C27H28ClN3O/c1-30-10-4-5-19(16-30)17-31-18-26(25-13-23(28)8-9-27(25)31)22-11-21(14-29-15-22)20-6-3-7-24(12-20)32-2/h3,6-9,11-15,18-19H,4-5,10,16-17H2,1-2H3. The van der Waals surface area contributed by atoms with Crippen molar-refractivity contribution in [2.75, 3.05) is 27.2 Å². The molecule has 0 saturated carbocycles. The van der Waals surface area contributed by atoms with Crippen LogP contribution in [0, 0.1) is 5.92 Å². The summed E-state index contributed by atoms with van der Waals surface area (Å²) in [4.78, 5) is 7.01. The Morgan fingerprint density at radius 3 is 2.78 bits per heavy atom. The Morgan fingerprint density at radius 1 is 1.06 bits per heavy atom. The molecule has 2 aromatic heterocycles. The lowest BCUT2D eigenvalue weighted by Gasteiger charge is -2.30. The maximum Gasteiger partial charge on any atom is 0.119 e. The summed E-state index contributed by atoms with van der Waals surface area (Å²) in [6, 6.07) is 16.5. The average Bonchev–Trinajstić information content (AvgIpc) is 3.16. The zero-order valence-electron chi connectivity index (χ0n) is 18.6. The largest absolute Gasteiger partial charge is 0.497 e. The van der Waals surface area contributed by atoms with E-state index < -0.39 is 0 Å². The van der Waals surface area contributed by atoms with E-state index in [4.69, 9.17) is 16.3 Å². The number of methoxy groups -OCH3 is 1. The van der Waals surface area contributed by atoms with Gasteiger partial charge in [0.25, 0.3) is 0 Å². The smallest absolute Gasteiger partial charge is 0.119 e. The lowest BCUT2D eigenvalue weighted by atomic mass is 9.98. The number of piperidine rings is 1. The molecule has 1 aliphatic rings. The van der Waals surface area contributed by atoms with Gasteiger partial charge < -0.3 is 14.2 Å². The number of rotatable bonds is 5. The van der Waals surface area contributed by atoms with Gasteiger partial charge in [-0.15, -0.1) is 0 Å². The third-order valence-electron chi connectivity index (χ3n) is 6.47. The van der Waals surface area contributed by atoms with E-state index in [1.807, 2.05) is 36.7 Å². The number of hydrogen-bond acceptors (Lipinski definition) is 3. The van der Waals surface area contributed by atoms with E-state index in [-0.39, 0.29) is 0 Å². The van der Waals surface area contributed by atoms with E-state index >= 15 is 0 Å². The van der Waals surface area contributed by atoms with E-state index in [0.717, 1.165) is 40.6 Å². The molecule has 32 heavy (non-hydrogen) atoms. The molecule has 0 bridgehead atoms. The first kappa shape index (κ1) is 21.0. The second kappa shape index (κ2) is 8.97. The molecule has 5 heteroatoms. The molecule has 1 aliphatic heterocycles. The van der Waals surface area contributed by atoms with Crippen LogP contribution in [-0.4, -0.2) is 41.7 Å². The summed E-state index contributed by atoms with van der Waals surface area (Å²) in [5.41, 5.74) is 5.65. The van der Waals surface area contributed by atoms with Crippen molar-refractivity contribution >= 4 is 22.5 Å². The molecule has 1 saturated heterocycles. The Hall–Kier alpha value is -2.82. The molecule has 1 unspecified atom stereocenters. The van der Waals surface area contributed by atoms with Gasteiger partial charge in [-0.05, 0) is 74.3 Å². The van der Waals surface area contributed by atoms with Crippen LogP contribution in [-0.2, 0) is 6.54 Å². The van der Waals surface area contributed by atoms with Crippen LogP contribution in [0.2, 0.25) is 5.02 Å². The van der Waals surface area contributed by atoms with Crippen LogP contribution in [0.25, 0.3) is 33.2 Å². The van der Waals surface area contributed by atoms with Crippen molar-refractivity contribution in [2.24, 2.45) is 5.92 Å². The molecule has 2 aromatic carbocycles. The minimum atomic E-state index is 0.661. The molecule has 0 amide bonds. The quantitative estimate of drug-likeness (QED) is 0.357. The molecule has 0 radical (unpaired) electrons.